The number of likely N-dealkylation sites (tertiary alicyclic amines) is 1. The number of piperidine rings is 1. The van der Waals surface area contributed by atoms with Gasteiger partial charge in [0.2, 0.25) is 5.91 Å². The number of amides is 1. The van der Waals surface area contributed by atoms with Gasteiger partial charge in [-0.2, -0.15) is 0 Å². The van der Waals surface area contributed by atoms with E-state index in [2.05, 4.69) is 56.3 Å². The van der Waals surface area contributed by atoms with Crippen molar-refractivity contribution >= 4 is 40.0 Å². The number of carbonyl (C=O) groups excluding carboxylic acids is 1. The minimum atomic E-state index is 0.148. The fourth-order valence-corrected chi connectivity index (χ4v) is 5.73. The normalized spacial score (nSPS) is 17.2. The molecule has 2 aliphatic heterocycles. The summed E-state index contributed by atoms with van der Waals surface area (Å²) in [6.45, 7) is 8.03. The van der Waals surface area contributed by atoms with Crippen LogP contribution < -0.4 is 10.2 Å². The lowest BCUT2D eigenvalue weighted by molar-refractivity contribution is -0.131. The summed E-state index contributed by atoms with van der Waals surface area (Å²) in [6, 6.07) is 18.7. The second-order valence-electron chi connectivity index (χ2n) is 10.4. The van der Waals surface area contributed by atoms with E-state index in [-0.39, 0.29) is 5.91 Å². The van der Waals surface area contributed by atoms with E-state index >= 15 is 0 Å². The summed E-state index contributed by atoms with van der Waals surface area (Å²) in [5.74, 6) is 0.897. The van der Waals surface area contributed by atoms with Crippen molar-refractivity contribution in [3.05, 3.63) is 71.4 Å². The number of aromatic amines is 1. The quantitative estimate of drug-likeness (QED) is 0.340. The van der Waals surface area contributed by atoms with Gasteiger partial charge in [-0.15, -0.1) is 0 Å². The minimum absolute atomic E-state index is 0.148. The van der Waals surface area contributed by atoms with Crippen LogP contribution in [0.3, 0.4) is 0 Å². The lowest BCUT2D eigenvalue weighted by Gasteiger charge is -2.35. The Kier molecular flexibility index (Phi) is 7.39. The Labute approximate surface area is 234 Å². The molecule has 9 heteroatoms. The first-order valence-electron chi connectivity index (χ1n) is 13.8. The van der Waals surface area contributed by atoms with Crippen molar-refractivity contribution in [1.82, 2.24) is 24.8 Å². The summed E-state index contributed by atoms with van der Waals surface area (Å²) in [7, 11) is 0. The fourth-order valence-electron chi connectivity index (χ4n) is 5.53. The first-order chi connectivity index (χ1) is 19.1. The average Bonchev–Trinajstić information content (AvgIpc) is 3.41. The maximum atomic E-state index is 12.8. The van der Waals surface area contributed by atoms with Crippen molar-refractivity contribution in [3.63, 3.8) is 0 Å². The van der Waals surface area contributed by atoms with Crippen LogP contribution in [0.2, 0.25) is 5.02 Å². The minimum Gasteiger partial charge on any atom is -0.379 e. The summed E-state index contributed by atoms with van der Waals surface area (Å²) in [6.07, 6.45) is 3.85. The lowest BCUT2D eigenvalue weighted by atomic mass is 10.0. The van der Waals surface area contributed by atoms with Crippen LogP contribution in [0.15, 0.2) is 60.8 Å². The van der Waals surface area contributed by atoms with Crippen molar-refractivity contribution in [2.75, 3.05) is 49.5 Å². The largest absolute Gasteiger partial charge is 0.379 e. The molecule has 0 aliphatic carbocycles. The van der Waals surface area contributed by atoms with E-state index in [1.807, 2.05) is 35.2 Å². The molecule has 2 fully saturated rings. The van der Waals surface area contributed by atoms with Crippen LogP contribution in [0.4, 0.5) is 11.4 Å². The molecule has 0 atom stereocenters. The molecule has 0 spiro atoms. The highest BCUT2D eigenvalue weighted by Gasteiger charge is 2.25. The molecule has 2 saturated heterocycles. The van der Waals surface area contributed by atoms with Gasteiger partial charge in [-0.1, -0.05) is 48.9 Å². The third-order valence-electron chi connectivity index (χ3n) is 7.89. The Morgan fingerprint density at radius 1 is 1.03 bits per heavy atom. The van der Waals surface area contributed by atoms with Gasteiger partial charge in [0.25, 0.3) is 0 Å². The molecule has 2 aromatic heterocycles. The topological polar surface area (TPSA) is 80.4 Å². The van der Waals surface area contributed by atoms with Gasteiger partial charge < -0.3 is 25.0 Å². The third-order valence-corrected chi connectivity index (χ3v) is 8.18. The summed E-state index contributed by atoms with van der Waals surface area (Å²) in [5.41, 5.74) is 5.48. The van der Waals surface area contributed by atoms with Gasteiger partial charge in [0.1, 0.15) is 11.3 Å². The Hall–Kier alpha value is -3.62. The molecule has 0 saturated carbocycles. The highest BCUT2D eigenvalue weighted by atomic mass is 35.5. The van der Waals surface area contributed by atoms with Crippen LogP contribution in [0.25, 0.3) is 22.6 Å². The number of fused-ring (bicyclic) bond motifs is 1. The third kappa shape index (κ3) is 5.58. The predicted octanol–water partition coefficient (Wildman–Crippen LogP) is 5.02. The van der Waals surface area contributed by atoms with Gasteiger partial charge in [0.05, 0.1) is 23.5 Å². The number of nitrogens with one attached hydrogen (secondary N) is 2. The first-order valence-corrected chi connectivity index (χ1v) is 14.2. The summed E-state index contributed by atoms with van der Waals surface area (Å²) in [4.78, 5) is 32.1. The van der Waals surface area contributed by atoms with E-state index in [1.54, 1.807) is 6.20 Å². The number of nitrogens with zero attached hydrogens (tertiary/aromatic N) is 5. The molecule has 4 heterocycles. The van der Waals surface area contributed by atoms with Crippen molar-refractivity contribution in [1.29, 1.82) is 0 Å². The number of anilines is 2. The summed E-state index contributed by atoms with van der Waals surface area (Å²) >= 11 is 6.58. The first kappa shape index (κ1) is 25.6. The second-order valence-corrected chi connectivity index (χ2v) is 10.8. The lowest BCUT2D eigenvalue weighted by Crippen LogP contribution is -2.50. The number of imidazole rings is 1. The molecule has 8 nitrogen and oxygen atoms in total. The fraction of sp³-hybridized carbons (Fsp3) is 0.367. The van der Waals surface area contributed by atoms with E-state index in [9.17, 15) is 4.79 Å². The SMILES string of the molecule is CCN1CCC(Nc2c(Cl)cnc3[nH]c(-c4ccc(N5CCN(Cc6ccccc6)C(=O)C5)cc4)nc23)CC1. The van der Waals surface area contributed by atoms with Crippen molar-refractivity contribution < 1.29 is 4.79 Å². The number of hydrogen-bond donors (Lipinski definition) is 2. The van der Waals surface area contributed by atoms with E-state index in [4.69, 9.17) is 16.6 Å². The molecule has 39 heavy (non-hydrogen) atoms. The summed E-state index contributed by atoms with van der Waals surface area (Å²) in [5, 5.41) is 4.24. The second kappa shape index (κ2) is 11.2. The van der Waals surface area contributed by atoms with Crippen molar-refractivity contribution in [3.8, 4) is 11.4 Å². The molecule has 0 radical (unpaired) electrons. The van der Waals surface area contributed by atoms with Crippen LogP contribution >= 0.6 is 11.6 Å². The number of H-pyrrole nitrogens is 1. The smallest absolute Gasteiger partial charge is 0.242 e. The standard InChI is InChI=1S/C30H34ClN7O/c1-2-36-14-12-23(13-15-36)33-27-25(31)18-32-30-28(27)34-29(35-30)22-8-10-24(11-9-22)37-16-17-38(26(39)20-37)19-21-6-4-3-5-7-21/h3-11,18,23H,2,12-17,19-20H2,1H3,(H2,32,33,34,35). The molecular formula is C30H34ClN7O. The number of benzene rings is 2. The predicted molar refractivity (Wildman–Crippen MR) is 157 cm³/mol. The Morgan fingerprint density at radius 2 is 1.79 bits per heavy atom. The molecule has 2 N–H and O–H groups in total. The maximum absolute atomic E-state index is 12.8. The molecule has 2 aromatic carbocycles. The molecule has 4 aromatic rings. The van der Waals surface area contributed by atoms with Crippen LogP contribution in [-0.4, -0.2) is 76.0 Å². The van der Waals surface area contributed by atoms with E-state index in [0.717, 1.165) is 72.9 Å². The van der Waals surface area contributed by atoms with Crippen LogP contribution in [0.1, 0.15) is 25.3 Å². The molecule has 202 valence electrons. The molecule has 0 unspecified atom stereocenters. The van der Waals surface area contributed by atoms with Crippen molar-refractivity contribution in [2.45, 2.75) is 32.4 Å². The van der Waals surface area contributed by atoms with Gasteiger partial charge in [0, 0.05) is 50.0 Å². The molecule has 1 amide bonds. The van der Waals surface area contributed by atoms with Crippen LogP contribution in [0.5, 0.6) is 0 Å². The average molecular weight is 544 g/mol. The van der Waals surface area contributed by atoms with E-state index < -0.39 is 0 Å². The number of aromatic nitrogens is 3. The maximum Gasteiger partial charge on any atom is 0.242 e. The van der Waals surface area contributed by atoms with Gasteiger partial charge in [-0.25, -0.2) is 9.97 Å². The zero-order valence-corrected chi connectivity index (χ0v) is 23.0. The number of pyridine rings is 1. The number of hydrogen-bond acceptors (Lipinski definition) is 6. The van der Waals surface area contributed by atoms with E-state index in [1.165, 1.54) is 0 Å². The molecule has 0 bridgehead atoms. The monoisotopic (exact) mass is 543 g/mol. The zero-order chi connectivity index (χ0) is 26.8. The molecule has 6 rings (SSSR count). The highest BCUT2D eigenvalue weighted by molar-refractivity contribution is 6.34. The van der Waals surface area contributed by atoms with Crippen LogP contribution in [-0.2, 0) is 11.3 Å². The number of carbonyl (C=O) groups is 1. The summed E-state index contributed by atoms with van der Waals surface area (Å²) < 4.78 is 0. The Bertz CT molecular complexity index is 1430. The zero-order valence-electron chi connectivity index (χ0n) is 22.2. The number of piperazine rings is 1. The van der Waals surface area contributed by atoms with Gasteiger partial charge in [0.15, 0.2) is 5.65 Å². The van der Waals surface area contributed by atoms with Crippen molar-refractivity contribution in [2.24, 2.45) is 0 Å². The van der Waals surface area contributed by atoms with Crippen LogP contribution in [0, 0.1) is 0 Å². The Morgan fingerprint density at radius 3 is 2.51 bits per heavy atom. The number of rotatable bonds is 7. The van der Waals surface area contributed by atoms with Gasteiger partial charge >= 0.3 is 0 Å². The van der Waals surface area contributed by atoms with Gasteiger partial charge in [-0.05, 0) is 49.2 Å². The Balaban J connectivity index is 1.14. The number of halogens is 1. The highest BCUT2D eigenvalue weighted by Crippen LogP contribution is 2.32. The van der Waals surface area contributed by atoms with E-state index in [0.29, 0.717) is 36.3 Å². The molecular weight excluding hydrogens is 510 g/mol. The van der Waals surface area contributed by atoms with Gasteiger partial charge in [-0.3, -0.25) is 4.79 Å². The molecule has 2 aliphatic rings.